The molecule has 0 spiro atoms. The third-order valence-corrected chi connectivity index (χ3v) is 6.39. The van der Waals surface area contributed by atoms with Gasteiger partial charge >= 0.3 is 0 Å². The molecule has 6 nitrogen and oxygen atoms in total. The molecule has 1 saturated heterocycles. The molecule has 0 aliphatic carbocycles. The van der Waals surface area contributed by atoms with Crippen LogP contribution in [0.4, 0.5) is 11.4 Å². The predicted octanol–water partition coefficient (Wildman–Crippen LogP) is 4.57. The van der Waals surface area contributed by atoms with E-state index in [1.807, 2.05) is 50.4 Å². The highest BCUT2D eigenvalue weighted by Crippen LogP contribution is 2.31. The fraction of sp³-hybridized carbons (Fsp3) is 0.333. The highest BCUT2D eigenvalue weighted by atomic mass is 32.2. The Morgan fingerprint density at radius 3 is 2.52 bits per heavy atom. The summed E-state index contributed by atoms with van der Waals surface area (Å²) in [6, 6.07) is 11.5. The van der Waals surface area contributed by atoms with Gasteiger partial charge in [-0.1, -0.05) is 0 Å². The van der Waals surface area contributed by atoms with Crippen LogP contribution in [0.3, 0.4) is 0 Å². The van der Waals surface area contributed by atoms with Crippen molar-refractivity contribution in [3.8, 4) is 0 Å². The number of aromatic amines is 1. The number of fused-ring (bicyclic) bond motifs is 1. The smallest absolute Gasteiger partial charge is 0.257 e. The summed E-state index contributed by atoms with van der Waals surface area (Å²) in [7, 11) is 3.98. The number of carbonyl (C=O) groups is 1. The van der Waals surface area contributed by atoms with Crippen molar-refractivity contribution in [1.82, 2.24) is 9.29 Å². The molecular weight excluding hydrogens is 408 g/mol. The molecule has 4 rings (SSSR count). The lowest BCUT2D eigenvalue weighted by molar-refractivity contribution is 0.102. The summed E-state index contributed by atoms with van der Waals surface area (Å²) in [5, 5.41) is 4.03. The van der Waals surface area contributed by atoms with Gasteiger partial charge in [0, 0.05) is 40.8 Å². The van der Waals surface area contributed by atoms with Crippen molar-refractivity contribution < 1.29 is 4.79 Å². The van der Waals surface area contributed by atoms with Gasteiger partial charge in [0.1, 0.15) is 0 Å². The Morgan fingerprint density at radius 2 is 1.81 bits per heavy atom. The minimum atomic E-state index is -0.121. The van der Waals surface area contributed by atoms with E-state index in [0.717, 1.165) is 64.2 Å². The zero-order chi connectivity index (χ0) is 22.1. The van der Waals surface area contributed by atoms with Crippen LogP contribution in [0.1, 0.15) is 34.3 Å². The summed E-state index contributed by atoms with van der Waals surface area (Å²) < 4.78 is 2.02. The highest BCUT2D eigenvalue weighted by Gasteiger charge is 2.21. The molecule has 0 bridgehead atoms. The number of anilines is 2. The maximum absolute atomic E-state index is 13.4. The second-order valence-electron chi connectivity index (χ2n) is 8.26. The Bertz CT molecular complexity index is 1200. The van der Waals surface area contributed by atoms with E-state index < -0.39 is 0 Å². The van der Waals surface area contributed by atoms with Gasteiger partial charge in [-0.3, -0.25) is 13.9 Å². The average molecular weight is 437 g/mol. The first-order chi connectivity index (χ1) is 14.8. The van der Waals surface area contributed by atoms with Crippen LogP contribution in [0.5, 0.6) is 0 Å². The normalized spacial score (nSPS) is 13.9. The highest BCUT2D eigenvalue weighted by molar-refractivity contribution is 7.97. The fourth-order valence-electron chi connectivity index (χ4n) is 4.17. The number of hydrogen-bond acceptors (Lipinski definition) is 5. The number of aryl methyl sites for hydroxylation is 2. The number of rotatable bonds is 5. The van der Waals surface area contributed by atoms with Gasteiger partial charge in [-0.15, -0.1) is 0 Å². The molecule has 2 aromatic carbocycles. The summed E-state index contributed by atoms with van der Waals surface area (Å²) in [6.07, 6.45) is 2.30. The largest absolute Gasteiger partial charge is 0.371 e. The monoisotopic (exact) mass is 436 g/mol. The lowest BCUT2D eigenvalue weighted by atomic mass is 10.0. The van der Waals surface area contributed by atoms with E-state index >= 15 is 0 Å². The van der Waals surface area contributed by atoms with Crippen LogP contribution in [-0.4, -0.2) is 42.4 Å². The molecule has 0 atom stereocenters. The van der Waals surface area contributed by atoms with Crippen molar-refractivity contribution in [3.05, 3.63) is 63.4 Å². The molecule has 162 valence electrons. The zero-order valence-electron chi connectivity index (χ0n) is 18.4. The van der Waals surface area contributed by atoms with Gasteiger partial charge < -0.3 is 15.2 Å². The van der Waals surface area contributed by atoms with E-state index in [1.54, 1.807) is 18.0 Å². The molecule has 1 fully saturated rings. The van der Waals surface area contributed by atoms with Gasteiger partial charge in [0.25, 0.3) is 5.91 Å². The van der Waals surface area contributed by atoms with Crippen LogP contribution in [0, 0.1) is 13.8 Å². The average Bonchev–Trinajstić information content (AvgIpc) is 3.23. The number of nitrogens with zero attached hydrogens (tertiary/aromatic N) is 2. The number of carbonyl (C=O) groups excluding carboxylic acids is 1. The SMILES string of the molecule is Cc1cc(=O)[nH]c2c(C)cc(NC(=O)c3cc(SN(C)C)ccc3N3CCCC3)cc12. The van der Waals surface area contributed by atoms with Crippen molar-refractivity contribution in [1.29, 1.82) is 0 Å². The number of pyridine rings is 1. The summed E-state index contributed by atoms with van der Waals surface area (Å²) in [5.41, 5.74) is 4.90. The summed E-state index contributed by atoms with van der Waals surface area (Å²) in [5.74, 6) is -0.121. The van der Waals surface area contributed by atoms with E-state index in [-0.39, 0.29) is 11.5 Å². The van der Waals surface area contributed by atoms with Crippen molar-refractivity contribution in [2.45, 2.75) is 31.6 Å². The van der Waals surface area contributed by atoms with Crippen LogP contribution in [0.25, 0.3) is 10.9 Å². The molecule has 7 heteroatoms. The van der Waals surface area contributed by atoms with Gasteiger partial charge in [-0.05, 0) is 94.2 Å². The van der Waals surface area contributed by atoms with Crippen LogP contribution in [0.2, 0.25) is 0 Å². The first kappa shape index (κ1) is 21.5. The Labute approximate surface area is 186 Å². The summed E-state index contributed by atoms with van der Waals surface area (Å²) in [4.78, 5) is 31.5. The summed E-state index contributed by atoms with van der Waals surface area (Å²) in [6.45, 7) is 5.80. The second-order valence-corrected chi connectivity index (χ2v) is 9.65. The molecule has 31 heavy (non-hydrogen) atoms. The van der Waals surface area contributed by atoms with E-state index in [9.17, 15) is 9.59 Å². The van der Waals surface area contributed by atoms with Crippen molar-refractivity contribution in [2.75, 3.05) is 37.4 Å². The molecule has 1 aromatic heterocycles. The quantitative estimate of drug-likeness (QED) is 0.574. The van der Waals surface area contributed by atoms with Crippen LogP contribution < -0.4 is 15.8 Å². The standard InChI is InChI=1S/C24H28N4O2S/c1-15-12-22(29)26-23-16(2)11-17(13-19(15)23)25-24(30)20-14-18(31-27(3)4)7-8-21(20)28-9-5-6-10-28/h7-8,11-14H,5-6,9-10H2,1-4H3,(H,25,30)(H,26,29). The van der Waals surface area contributed by atoms with Crippen molar-refractivity contribution in [2.24, 2.45) is 0 Å². The molecule has 3 aromatic rings. The Morgan fingerprint density at radius 1 is 1.06 bits per heavy atom. The van der Waals surface area contributed by atoms with Gasteiger partial charge in [-0.2, -0.15) is 0 Å². The summed E-state index contributed by atoms with van der Waals surface area (Å²) >= 11 is 1.60. The molecule has 1 aliphatic heterocycles. The zero-order valence-corrected chi connectivity index (χ0v) is 19.2. The predicted molar refractivity (Wildman–Crippen MR) is 129 cm³/mol. The van der Waals surface area contributed by atoms with E-state index in [0.29, 0.717) is 5.56 Å². The van der Waals surface area contributed by atoms with Gasteiger partial charge in [0.2, 0.25) is 5.56 Å². The van der Waals surface area contributed by atoms with Crippen LogP contribution >= 0.6 is 11.9 Å². The maximum Gasteiger partial charge on any atom is 0.257 e. The molecule has 0 unspecified atom stereocenters. The van der Waals surface area contributed by atoms with E-state index in [4.69, 9.17) is 0 Å². The number of H-pyrrole nitrogens is 1. The van der Waals surface area contributed by atoms with Gasteiger partial charge in [0.15, 0.2) is 0 Å². The number of amides is 1. The molecule has 1 aliphatic rings. The lowest BCUT2D eigenvalue weighted by Crippen LogP contribution is -2.23. The maximum atomic E-state index is 13.4. The van der Waals surface area contributed by atoms with E-state index in [1.165, 1.54) is 0 Å². The molecule has 2 N–H and O–H groups in total. The topological polar surface area (TPSA) is 68.4 Å². The first-order valence-corrected chi connectivity index (χ1v) is 11.3. The Hall–Kier alpha value is -2.77. The Kier molecular flexibility index (Phi) is 6.07. The molecular formula is C24H28N4O2S. The minimum Gasteiger partial charge on any atom is -0.371 e. The van der Waals surface area contributed by atoms with Crippen molar-refractivity contribution in [3.63, 3.8) is 0 Å². The fourth-order valence-corrected chi connectivity index (χ4v) is 4.89. The van der Waals surface area contributed by atoms with Gasteiger partial charge in [-0.25, -0.2) is 0 Å². The lowest BCUT2D eigenvalue weighted by Gasteiger charge is -2.22. The molecule has 0 saturated carbocycles. The molecule has 1 amide bonds. The number of benzene rings is 2. The second kappa shape index (κ2) is 8.77. The number of nitrogens with one attached hydrogen (secondary N) is 2. The van der Waals surface area contributed by atoms with Crippen molar-refractivity contribution >= 4 is 40.1 Å². The van der Waals surface area contributed by atoms with Crippen LogP contribution in [-0.2, 0) is 0 Å². The van der Waals surface area contributed by atoms with Gasteiger partial charge in [0.05, 0.1) is 11.1 Å². The van der Waals surface area contributed by atoms with Crippen LogP contribution in [0.15, 0.2) is 46.1 Å². The molecule has 2 heterocycles. The number of aromatic nitrogens is 1. The first-order valence-electron chi connectivity index (χ1n) is 10.5. The third kappa shape index (κ3) is 4.62. The minimum absolute atomic E-state index is 0.115. The number of hydrogen-bond donors (Lipinski definition) is 2. The van der Waals surface area contributed by atoms with E-state index in [2.05, 4.69) is 27.3 Å². The Balaban J connectivity index is 1.71. The third-order valence-electron chi connectivity index (χ3n) is 5.56. The molecule has 0 radical (unpaired) electrons.